The van der Waals surface area contributed by atoms with E-state index in [4.69, 9.17) is 4.74 Å². The van der Waals surface area contributed by atoms with Crippen LogP contribution in [0.4, 0.5) is 4.39 Å². The van der Waals surface area contributed by atoms with Gasteiger partial charge in [0.1, 0.15) is 5.82 Å². The van der Waals surface area contributed by atoms with Gasteiger partial charge in [0.15, 0.2) is 5.96 Å². The van der Waals surface area contributed by atoms with E-state index < -0.39 is 0 Å². The third-order valence-corrected chi connectivity index (χ3v) is 4.59. The maximum Gasteiger partial charge on any atom is 0.191 e. The van der Waals surface area contributed by atoms with Crippen molar-refractivity contribution in [1.82, 2.24) is 15.5 Å². The van der Waals surface area contributed by atoms with Gasteiger partial charge in [-0.1, -0.05) is 12.1 Å². The Balaban J connectivity index is 1.89. The highest BCUT2D eigenvalue weighted by Crippen LogP contribution is 2.16. The Kier molecular flexibility index (Phi) is 8.15. The molecule has 0 amide bonds. The molecule has 0 bridgehead atoms. The zero-order chi connectivity index (χ0) is 18.1. The second kappa shape index (κ2) is 10.4. The van der Waals surface area contributed by atoms with Gasteiger partial charge in [0.05, 0.1) is 13.2 Å². The molecule has 1 unspecified atom stereocenters. The van der Waals surface area contributed by atoms with Crippen LogP contribution >= 0.6 is 0 Å². The van der Waals surface area contributed by atoms with Crippen molar-refractivity contribution in [3.63, 3.8) is 0 Å². The van der Waals surface area contributed by atoms with E-state index in [0.717, 1.165) is 44.3 Å². The Morgan fingerprint density at radius 1 is 1.40 bits per heavy atom. The van der Waals surface area contributed by atoms with Gasteiger partial charge in [0, 0.05) is 32.8 Å². The molecular weight excluding hydrogens is 319 g/mol. The van der Waals surface area contributed by atoms with Crippen LogP contribution in [0.2, 0.25) is 0 Å². The maximum absolute atomic E-state index is 13.7. The number of hydrogen-bond donors (Lipinski definition) is 2. The number of likely N-dealkylation sites (tertiary alicyclic amines) is 1. The number of nitrogens with zero attached hydrogens (tertiary/aromatic N) is 2. The summed E-state index contributed by atoms with van der Waals surface area (Å²) >= 11 is 0. The molecular formula is C19H31FN4O. The molecule has 0 radical (unpaired) electrons. The summed E-state index contributed by atoms with van der Waals surface area (Å²) in [4.78, 5) is 7.05. The molecule has 5 nitrogen and oxygen atoms in total. The van der Waals surface area contributed by atoms with E-state index in [0.29, 0.717) is 18.2 Å². The lowest BCUT2D eigenvalue weighted by Crippen LogP contribution is -2.45. The van der Waals surface area contributed by atoms with Gasteiger partial charge >= 0.3 is 0 Å². The SMILES string of the molecule is CCNC(=NCc1ccc(C)c(F)c1)NCC1CCCN1CCOC. The van der Waals surface area contributed by atoms with Crippen LogP contribution in [0.15, 0.2) is 23.2 Å². The van der Waals surface area contributed by atoms with Crippen molar-refractivity contribution >= 4 is 5.96 Å². The van der Waals surface area contributed by atoms with Crippen LogP contribution in [-0.4, -0.2) is 56.8 Å². The first kappa shape index (κ1) is 19.7. The Hall–Kier alpha value is -1.66. The average molecular weight is 350 g/mol. The van der Waals surface area contributed by atoms with Gasteiger partial charge in [-0.15, -0.1) is 0 Å². The number of rotatable bonds is 8. The zero-order valence-corrected chi connectivity index (χ0v) is 15.6. The topological polar surface area (TPSA) is 48.9 Å². The van der Waals surface area contributed by atoms with Crippen LogP contribution < -0.4 is 10.6 Å². The Morgan fingerprint density at radius 3 is 2.96 bits per heavy atom. The minimum Gasteiger partial charge on any atom is -0.383 e. The molecule has 1 aliphatic heterocycles. The van der Waals surface area contributed by atoms with Crippen molar-refractivity contribution in [2.45, 2.75) is 39.3 Å². The first-order chi connectivity index (χ1) is 12.1. The van der Waals surface area contributed by atoms with Crippen molar-refractivity contribution in [3.05, 3.63) is 35.1 Å². The molecule has 0 aromatic heterocycles. The number of benzene rings is 1. The molecule has 0 saturated carbocycles. The number of methoxy groups -OCH3 is 1. The quantitative estimate of drug-likeness (QED) is 0.558. The second-order valence-corrected chi connectivity index (χ2v) is 6.48. The first-order valence-electron chi connectivity index (χ1n) is 9.14. The molecule has 1 fully saturated rings. The number of guanidine groups is 1. The fourth-order valence-electron chi connectivity index (χ4n) is 3.09. The number of hydrogen-bond acceptors (Lipinski definition) is 3. The minimum absolute atomic E-state index is 0.176. The molecule has 1 atom stereocenters. The number of aryl methyl sites for hydroxylation is 1. The fraction of sp³-hybridized carbons (Fsp3) is 0.632. The third kappa shape index (κ3) is 6.29. The summed E-state index contributed by atoms with van der Waals surface area (Å²) in [6.45, 7) is 8.80. The Morgan fingerprint density at radius 2 is 2.24 bits per heavy atom. The summed E-state index contributed by atoms with van der Waals surface area (Å²) in [5.74, 6) is 0.604. The number of aliphatic imine (C=N–C) groups is 1. The zero-order valence-electron chi connectivity index (χ0n) is 15.6. The van der Waals surface area contributed by atoms with E-state index >= 15 is 0 Å². The summed E-state index contributed by atoms with van der Waals surface area (Å²) in [5, 5.41) is 6.69. The fourth-order valence-corrected chi connectivity index (χ4v) is 3.09. The van der Waals surface area contributed by atoms with Crippen LogP contribution in [0.3, 0.4) is 0 Å². The van der Waals surface area contributed by atoms with Crippen molar-refractivity contribution in [2.75, 3.05) is 39.9 Å². The van der Waals surface area contributed by atoms with E-state index in [1.807, 2.05) is 13.0 Å². The van der Waals surface area contributed by atoms with E-state index in [2.05, 4.69) is 20.5 Å². The maximum atomic E-state index is 13.7. The van der Waals surface area contributed by atoms with Gasteiger partial charge in [-0.25, -0.2) is 9.38 Å². The van der Waals surface area contributed by atoms with E-state index in [1.165, 1.54) is 12.8 Å². The van der Waals surface area contributed by atoms with E-state index in [9.17, 15) is 4.39 Å². The Bertz CT molecular complexity index is 564. The molecule has 1 saturated heterocycles. The highest BCUT2D eigenvalue weighted by molar-refractivity contribution is 5.79. The van der Waals surface area contributed by atoms with Gasteiger partial charge in [0.2, 0.25) is 0 Å². The smallest absolute Gasteiger partial charge is 0.191 e. The molecule has 1 aromatic rings. The monoisotopic (exact) mass is 350 g/mol. The molecule has 1 aliphatic rings. The molecule has 1 aromatic carbocycles. The molecule has 0 spiro atoms. The minimum atomic E-state index is -0.176. The van der Waals surface area contributed by atoms with Crippen LogP contribution in [0, 0.1) is 12.7 Å². The van der Waals surface area contributed by atoms with Gasteiger partial charge in [0.25, 0.3) is 0 Å². The van der Waals surface area contributed by atoms with Gasteiger partial charge in [-0.05, 0) is 50.4 Å². The number of halogens is 1. The summed E-state index contributed by atoms with van der Waals surface area (Å²) in [5.41, 5.74) is 1.54. The summed E-state index contributed by atoms with van der Waals surface area (Å²) in [7, 11) is 1.74. The lowest BCUT2D eigenvalue weighted by atomic mass is 10.1. The normalized spacial score (nSPS) is 18.6. The highest BCUT2D eigenvalue weighted by Gasteiger charge is 2.23. The van der Waals surface area contributed by atoms with Crippen molar-refractivity contribution in [3.8, 4) is 0 Å². The summed E-state index contributed by atoms with van der Waals surface area (Å²) < 4.78 is 18.8. The highest BCUT2D eigenvalue weighted by atomic mass is 19.1. The van der Waals surface area contributed by atoms with Gasteiger partial charge in [-0.3, -0.25) is 4.90 Å². The molecule has 140 valence electrons. The van der Waals surface area contributed by atoms with Gasteiger partial charge < -0.3 is 15.4 Å². The van der Waals surface area contributed by atoms with E-state index in [1.54, 1.807) is 26.2 Å². The van der Waals surface area contributed by atoms with Crippen LogP contribution in [0.5, 0.6) is 0 Å². The summed E-state index contributed by atoms with van der Waals surface area (Å²) in [6, 6.07) is 5.80. The predicted octanol–water partition coefficient (Wildman–Crippen LogP) is 2.30. The molecule has 2 rings (SSSR count). The van der Waals surface area contributed by atoms with E-state index in [-0.39, 0.29) is 5.82 Å². The molecule has 25 heavy (non-hydrogen) atoms. The summed E-state index contributed by atoms with van der Waals surface area (Å²) in [6.07, 6.45) is 2.42. The molecule has 6 heteroatoms. The predicted molar refractivity (Wildman–Crippen MR) is 100 cm³/mol. The number of ether oxygens (including phenoxy) is 1. The largest absolute Gasteiger partial charge is 0.383 e. The Labute approximate surface area is 150 Å². The lowest BCUT2D eigenvalue weighted by molar-refractivity contribution is 0.141. The van der Waals surface area contributed by atoms with Crippen molar-refractivity contribution < 1.29 is 9.13 Å². The third-order valence-electron chi connectivity index (χ3n) is 4.59. The van der Waals surface area contributed by atoms with Crippen LogP contribution in [0.1, 0.15) is 30.9 Å². The standard InChI is InChI=1S/C19H31FN4O/c1-4-21-19(22-13-16-8-7-15(2)18(20)12-16)23-14-17-6-5-9-24(17)10-11-25-3/h7-8,12,17H,4-6,9-11,13-14H2,1-3H3,(H2,21,22,23). The van der Waals surface area contributed by atoms with Crippen LogP contribution in [0.25, 0.3) is 0 Å². The molecule has 0 aliphatic carbocycles. The molecule has 1 heterocycles. The first-order valence-corrected chi connectivity index (χ1v) is 9.14. The van der Waals surface area contributed by atoms with Crippen molar-refractivity contribution in [2.24, 2.45) is 4.99 Å². The van der Waals surface area contributed by atoms with Crippen LogP contribution in [-0.2, 0) is 11.3 Å². The van der Waals surface area contributed by atoms with Gasteiger partial charge in [-0.2, -0.15) is 0 Å². The second-order valence-electron chi connectivity index (χ2n) is 6.48. The lowest BCUT2D eigenvalue weighted by Gasteiger charge is -2.25. The van der Waals surface area contributed by atoms with Crippen molar-refractivity contribution in [1.29, 1.82) is 0 Å². The average Bonchev–Trinajstić information content (AvgIpc) is 3.05. The molecule has 2 N–H and O–H groups in total. The number of nitrogens with one attached hydrogen (secondary N) is 2.